The largest absolute Gasteiger partial charge is 0.396 e. The van der Waals surface area contributed by atoms with Crippen LogP contribution >= 0.6 is 0 Å². The van der Waals surface area contributed by atoms with E-state index in [-0.39, 0.29) is 12.4 Å². The summed E-state index contributed by atoms with van der Waals surface area (Å²) in [6.45, 7) is 2.25. The standard InChI is InChI=1S/C10H18N2O4S/c1-9-7-10(12-16-9)8-17(14,15)11-5-3-2-4-6-13/h7,11,13H,2-6,8H2,1H3. The Hall–Kier alpha value is -0.920. The number of sulfonamides is 1. The molecule has 1 aromatic heterocycles. The molecular formula is C10H18N2O4S. The lowest BCUT2D eigenvalue weighted by Gasteiger charge is -2.04. The Labute approximate surface area is 101 Å². The molecule has 0 aromatic carbocycles. The lowest BCUT2D eigenvalue weighted by atomic mass is 10.2. The van der Waals surface area contributed by atoms with Gasteiger partial charge in [-0.2, -0.15) is 0 Å². The fourth-order valence-corrected chi connectivity index (χ4v) is 2.46. The van der Waals surface area contributed by atoms with Gasteiger partial charge in [0, 0.05) is 19.2 Å². The van der Waals surface area contributed by atoms with Gasteiger partial charge < -0.3 is 9.63 Å². The molecule has 1 aromatic rings. The fraction of sp³-hybridized carbons (Fsp3) is 0.700. The van der Waals surface area contributed by atoms with Crippen molar-refractivity contribution in [1.82, 2.24) is 9.88 Å². The van der Waals surface area contributed by atoms with Crippen LogP contribution in [0, 0.1) is 6.92 Å². The molecule has 0 saturated carbocycles. The number of nitrogens with one attached hydrogen (secondary N) is 1. The normalized spacial score (nSPS) is 11.9. The van der Waals surface area contributed by atoms with Crippen LogP contribution in [0.15, 0.2) is 10.6 Å². The molecule has 0 unspecified atom stereocenters. The van der Waals surface area contributed by atoms with Gasteiger partial charge in [-0.3, -0.25) is 0 Å². The topological polar surface area (TPSA) is 92.4 Å². The van der Waals surface area contributed by atoms with Crippen molar-refractivity contribution in [3.05, 3.63) is 17.5 Å². The Morgan fingerprint density at radius 2 is 2.18 bits per heavy atom. The summed E-state index contributed by atoms with van der Waals surface area (Å²) in [6.07, 6.45) is 2.23. The monoisotopic (exact) mass is 262 g/mol. The lowest BCUT2D eigenvalue weighted by Crippen LogP contribution is -2.26. The molecule has 0 atom stereocenters. The minimum Gasteiger partial charge on any atom is -0.396 e. The second-order valence-electron chi connectivity index (χ2n) is 3.87. The number of hydrogen-bond acceptors (Lipinski definition) is 5. The lowest BCUT2D eigenvalue weighted by molar-refractivity contribution is 0.283. The van der Waals surface area contributed by atoms with E-state index in [1.165, 1.54) is 0 Å². The first-order chi connectivity index (χ1) is 8.03. The molecule has 2 N–H and O–H groups in total. The Morgan fingerprint density at radius 1 is 1.41 bits per heavy atom. The fourth-order valence-electron chi connectivity index (χ4n) is 1.37. The SMILES string of the molecule is Cc1cc(CS(=O)(=O)NCCCCCO)no1. The summed E-state index contributed by atoms with van der Waals surface area (Å²) in [7, 11) is -3.34. The molecule has 0 fully saturated rings. The average molecular weight is 262 g/mol. The molecule has 98 valence electrons. The van der Waals surface area contributed by atoms with Crippen molar-refractivity contribution in [2.75, 3.05) is 13.2 Å². The van der Waals surface area contributed by atoms with Crippen LogP contribution < -0.4 is 4.72 Å². The Kier molecular flexibility index (Phi) is 5.60. The van der Waals surface area contributed by atoms with Gasteiger partial charge in [0.25, 0.3) is 0 Å². The zero-order chi connectivity index (χ0) is 12.7. The third kappa shape index (κ3) is 5.81. The predicted octanol–water partition coefficient (Wildman–Crippen LogP) is 0.565. The first-order valence-electron chi connectivity index (χ1n) is 5.54. The van der Waals surface area contributed by atoms with E-state index >= 15 is 0 Å². The summed E-state index contributed by atoms with van der Waals surface area (Å²) in [4.78, 5) is 0. The summed E-state index contributed by atoms with van der Waals surface area (Å²) >= 11 is 0. The molecule has 0 amide bonds. The maximum atomic E-state index is 11.6. The van der Waals surface area contributed by atoms with Gasteiger partial charge in [-0.05, 0) is 26.2 Å². The third-order valence-electron chi connectivity index (χ3n) is 2.17. The van der Waals surface area contributed by atoms with E-state index in [1.807, 2.05) is 0 Å². The molecule has 6 nitrogen and oxygen atoms in total. The molecule has 0 aliphatic carbocycles. The van der Waals surface area contributed by atoms with E-state index in [9.17, 15) is 8.42 Å². The molecule has 0 spiro atoms. The van der Waals surface area contributed by atoms with Crippen LogP contribution in [0.4, 0.5) is 0 Å². The highest BCUT2D eigenvalue weighted by Gasteiger charge is 2.13. The van der Waals surface area contributed by atoms with Crippen molar-refractivity contribution in [1.29, 1.82) is 0 Å². The Balaban J connectivity index is 2.31. The van der Waals surface area contributed by atoms with E-state index in [1.54, 1.807) is 13.0 Å². The van der Waals surface area contributed by atoms with E-state index in [2.05, 4.69) is 9.88 Å². The van der Waals surface area contributed by atoms with E-state index in [0.29, 0.717) is 24.4 Å². The minimum atomic E-state index is -3.34. The van der Waals surface area contributed by atoms with Crippen molar-refractivity contribution in [2.45, 2.75) is 31.9 Å². The molecule has 0 aliphatic heterocycles. The van der Waals surface area contributed by atoms with E-state index < -0.39 is 10.0 Å². The molecule has 0 radical (unpaired) electrons. The Bertz CT molecular complexity index is 427. The summed E-state index contributed by atoms with van der Waals surface area (Å²) < 4.78 is 30.5. The maximum absolute atomic E-state index is 11.6. The van der Waals surface area contributed by atoms with Crippen molar-refractivity contribution in [3.63, 3.8) is 0 Å². The zero-order valence-corrected chi connectivity index (χ0v) is 10.7. The third-order valence-corrected chi connectivity index (χ3v) is 3.49. The summed E-state index contributed by atoms with van der Waals surface area (Å²) in [5, 5.41) is 12.2. The van der Waals surface area contributed by atoms with Crippen LogP contribution in [0.5, 0.6) is 0 Å². The summed E-state index contributed by atoms with van der Waals surface area (Å²) in [5.41, 5.74) is 0.408. The number of aryl methyl sites for hydroxylation is 1. The second-order valence-corrected chi connectivity index (χ2v) is 5.67. The highest BCUT2D eigenvalue weighted by atomic mass is 32.2. The number of rotatable bonds is 8. The van der Waals surface area contributed by atoms with Crippen LogP contribution in [0.3, 0.4) is 0 Å². The van der Waals surface area contributed by atoms with Gasteiger partial charge in [0.2, 0.25) is 10.0 Å². The van der Waals surface area contributed by atoms with Crippen LogP contribution in [0.1, 0.15) is 30.7 Å². The molecule has 1 heterocycles. The minimum absolute atomic E-state index is 0.144. The molecule has 17 heavy (non-hydrogen) atoms. The summed E-state index contributed by atoms with van der Waals surface area (Å²) in [5.74, 6) is 0.433. The molecule has 0 saturated heterocycles. The van der Waals surface area contributed by atoms with E-state index in [4.69, 9.17) is 9.63 Å². The molecule has 1 rings (SSSR count). The van der Waals surface area contributed by atoms with E-state index in [0.717, 1.165) is 12.8 Å². The second kappa shape index (κ2) is 6.73. The number of unbranched alkanes of at least 4 members (excludes halogenated alkanes) is 2. The number of hydrogen-bond donors (Lipinski definition) is 2. The number of aromatic nitrogens is 1. The number of aliphatic hydroxyl groups excluding tert-OH is 1. The average Bonchev–Trinajstić information content (AvgIpc) is 2.62. The number of nitrogens with zero attached hydrogens (tertiary/aromatic N) is 1. The van der Waals surface area contributed by atoms with Crippen molar-refractivity contribution in [3.8, 4) is 0 Å². The first-order valence-corrected chi connectivity index (χ1v) is 7.19. The molecule has 0 bridgehead atoms. The maximum Gasteiger partial charge on any atom is 0.217 e. The van der Waals surface area contributed by atoms with Gasteiger partial charge in [0.05, 0.1) is 0 Å². The first kappa shape index (κ1) is 14.1. The van der Waals surface area contributed by atoms with Crippen molar-refractivity contribution < 1.29 is 18.0 Å². The van der Waals surface area contributed by atoms with Gasteiger partial charge in [0.1, 0.15) is 17.2 Å². The molecular weight excluding hydrogens is 244 g/mol. The van der Waals surface area contributed by atoms with Crippen molar-refractivity contribution in [2.24, 2.45) is 0 Å². The van der Waals surface area contributed by atoms with Crippen LogP contribution in [0.25, 0.3) is 0 Å². The van der Waals surface area contributed by atoms with Crippen LogP contribution in [0.2, 0.25) is 0 Å². The molecule has 7 heteroatoms. The van der Waals surface area contributed by atoms with Gasteiger partial charge in [-0.1, -0.05) is 5.16 Å². The molecule has 0 aliphatic rings. The van der Waals surface area contributed by atoms with Gasteiger partial charge in [-0.15, -0.1) is 0 Å². The quantitative estimate of drug-likeness (QED) is 0.668. The Morgan fingerprint density at radius 3 is 2.76 bits per heavy atom. The number of aliphatic hydroxyl groups is 1. The van der Waals surface area contributed by atoms with Crippen molar-refractivity contribution >= 4 is 10.0 Å². The smallest absolute Gasteiger partial charge is 0.217 e. The highest BCUT2D eigenvalue weighted by Crippen LogP contribution is 2.05. The van der Waals surface area contributed by atoms with Gasteiger partial charge in [-0.25, -0.2) is 13.1 Å². The van der Waals surface area contributed by atoms with Crippen LogP contribution in [-0.2, 0) is 15.8 Å². The van der Waals surface area contributed by atoms with Crippen LogP contribution in [-0.4, -0.2) is 31.8 Å². The highest BCUT2D eigenvalue weighted by molar-refractivity contribution is 7.88. The predicted molar refractivity (Wildman–Crippen MR) is 62.8 cm³/mol. The van der Waals surface area contributed by atoms with Gasteiger partial charge in [0.15, 0.2) is 0 Å². The zero-order valence-electron chi connectivity index (χ0n) is 9.85. The summed E-state index contributed by atoms with van der Waals surface area (Å²) in [6, 6.07) is 1.60. The van der Waals surface area contributed by atoms with Gasteiger partial charge >= 0.3 is 0 Å².